The number of carbonyl (C=O) groups is 1. The molecule has 3 rings (SSSR count). The molecule has 1 amide bonds. The van der Waals surface area contributed by atoms with Gasteiger partial charge >= 0.3 is 0 Å². The lowest BCUT2D eigenvalue weighted by Gasteiger charge is -2.18. The molecule has 2 aromatic carbocycles. The van der Waals surface area contributed by atoms with E-state index < -0.39 is 0 Å². The van der Waals surface area contributed by atoms with Crippen molar-refractivity contribution < 1.29 is 4.79 Å². The lowest BCUT2D eigenvalue weighted by atomic mass is 10.0. The molecule has 0 fully saturated rings. The molecule has 1 aliphatic rings. The van der Waals surface area contributed by atoms with Crippen molar-refractivity contribution in [2.24, 2.45) is 4.99 Å². The summed E-state index contributed by atoms with van der Waals surface area (Å²) in [6, 6.07) is 16.7. The van der Waals surface area contributed by atoms with Crippen LogP contribution in [-0.4, -0.2) is 25.2 Å². The van der Waals surface area contributed by atoms with Crippen molar-refractivity contribution in [2.75, 3.05) is 18.5 Å². The van der Waals surface area contributed by atoms with E-state index in [1.54, 1.807) is 30.1 Å². The molecular formula is C16H11ClN2O. The van der Waals surface area contributed by atoms with Crippen LogP contribution in [0.15, 0.2) is 41.4 Å². The first-order valence-corrected chi connectivity index (χ1v) is 6.53. The van der Waals surface area contributed by atoms with Crippen LogP contribution in [0.2, 0.25) is 5.02 Å². The number of hydrogen-bond donors (Lipinski definition) is 0. The number of benzene rings is 1. The third kappa shape index (κ3) is 2.15. The van der Waals surface area contributed by atoms with Gasteiger partial charge in [0.05, 0.1) is 11.4 Å². The Kier molecular flexibility index (Phi) is 3.17. The van der Waals surface area contributed by atoms with Gasteiger partial charge in [-0.2, -0.15) is 0 Å². The maximum absolute atomic E-state index is 12.0. The highest BCUT2D eigenvalue weighted by molar-refractivity contribution is 6.32. The van der Waals surface area contributed by atoms with Crippen LogP contribution in [0.1, 0.15) is 11.1 Å². The van der Waals surface area contributed by atoms with Crippen LogP contribution in [-0.2, 0) is 4.79 Å². The largest absolute Gasteiger partial charge is 0.313 e. The molecule has 0 N–H and O–H groups in total. The van der Waals surface area contributed by atoms with Crippen molar-refractivity contribution in [3.63, 3.8) is 0 Å². The Labute approximate surface area is 122 Å². The first kappa shape index (κ1) is 12.7. The van der Waals surface area contributed by atoms with Crippen LogP contribution in [0.3, 0.4) is 0 Å². The van der Waals surface area contributed by atoms with E-state index in [0.717, 1.165) is 22.5 Å². The van der Waals surface area contributed by atoms with E-state index in [0.29, 0.717) is 5.02 Å². The molecule has 0 atom stereocenters. The number of carbonyl (C=O) groups excluding carboxylic acids is 1. The molecule has 2 aromatic rings. The number of fused-ring (bicyclic) bond motifs is 1. The maximum Gasteiger partial charge on any atom is 0.248 e. The highest BCUT2D eigenvalue weighted by atomic mass is 35.5. The topological polar surface area (TPSA) is 32.7 Å². The number of likely N-dealkylation sites (N-methyl/N-ethyl adjacent to an activating group) is 1. The molecule has 0 aliphatic carbocycles. The molecule has 0 saturated heterocycles. The van der Waals surface area contributed by atoms with Crippen molar-refractivity contribution in [1.82, 2.24) is 0 Å². The molecule has 4 heteroatoms. The number of amides is 1. The normalized spacial score (nSPS) is 14.2. The Bertz CT molecular complexity index is 695. The number of nitrogens with zero attached hydrogens (tertiary/aromatic N) is 2. The number of anilines is 1. The van der Waals surface area contributed by atoms with Crippen LogP contribution in [0.25, 0.3) is 0 Å². The Balaban J connectivity index is 2.23. The molecule has 0 spiro atoms. The van der Waals surface area contributed by atoms with Crippen LogP contribution in [0.4, 0.5) is 5.69 Å². The highest BCUT2D eigenvalue weighted by Crippen LogP contribution is 2.28. The Morgan fingerprint density at radius 2 is 2.15 bits per heavy atom. The predicted molar refractivity (Wildman–Crippen MR) is 79.5 cm³/mol. The quantitative estimate of drug-likeness (QED) is 0.792. The van der Waals surface area contributed by atoms with E-state index in [1.165, 1.54) is 0 Å². The van der Waals surface area contributed by atoms with Gasteiger partial charge in [0.15, 0.2) is 0 Å². The smallest absolute Gasteiger partial charge is 0.248 e. The zero-order valence-corrected chi connectivity index (χ0v) is 11.6. The predicted octanol–water partition coefficient (Wildman–Crippen LogP) is 2.75. The van der Waals surface area contributed by atoms with Gasteiger partial charge in [0.1, 0.15) is 6.54 Å². The minimum absolute atomic E-state index is 0.0463. The Morgan fingerprint density at radius 3 is 2.90 bits per heavy atom. The Morgan fingerprint density at radius 1 is 1.30 bits per heavy atom. The number of hydrogen-bond acceptors (Lipinski definition) is 2. The minimum Gasteiger partial charge on any atom is -0.313 e. The molecule has 1 heterocycles. The number of aliphatic imine (C=N–C) groups is 1. The monoisotopic (exact) mass is 282 g/mol. The first-order valence-electron chi connectivity index (χ1n) is 6.16. The molecule has 0 bridgehead atoms. The SMILES string of the molecule is CN1C(=O)CN=C(c2cc#ccc2)c2cc(Cl)ccc21. The van der Waals surface area contributed by atoms with E-state index in [4.69, 9.17) is 11.6 Å². The van der Waals surface area contributed by atoms with Crippen LogP contribution >= 0.6 is 11.6 Å². The fourth-order valence-electron chi connectivity index (χ4n) is 2.20. The van der Waals surface area contributed by atoms with Crippen LogP contribution < -0.4 is 4.90 Å². The fraction of sp³-hybridized carbons (Fsp3) is 0.125. The first-order chi connectivity index (χ1) is 9.66. The van der Waals surface area contributed by atoms with Crippen molar-refractivity contribution in [3.8, 4) is 0 Å². The summed E-state index contributed by atoms with van der Waals surface area (Å²) in [6.07, 6.45) is 0. The van der Waals surface area contributed by atoms with Gasteiger partial charge in [0, 0.05) is 23.2 Å². The molecule has 20 heavy (non-hydrogen) atoms. The van der Waals surface area contributed by atoms with Crippen LogP contribution in [0.5, 0.6) is 0 Å². The van der Waals surface area contributed by atoms with Crippen molar-refractivity contribution in [1.29, 1.82) is 0 Å². The molecule has 0 saturated carbocycles. The third-order valence-corrected chi connectivity index (χ3v) is 3.49. The summed E-state index contributed by atoms with van der Waals surface area (Å²) in [5.74, 6) is -0.0463. The summed E-state index contributed by atoms with van der Waals surface area (Å²) in [7, 11) is 1.75. The summed E-state index contributed by atoms with van der Waals surface area (Å²) >= 11 is 6.09. The zero-order valence-electron chi connectivity index (χ0n) is 10.9. The van der Waals surface area contributed by atoms with Gasteiger partial charge < -0.3 is 4.90 Å². The van der Waals surface area contributed by atoms with E-state index >= 15 is 0 Å². The molecular weight excluding hydrogens is 272 g/mol. The maximum atomic E-state index is 12.0. The molecule has 0 radical (unpaired) electrons. The lowest BCUT2D eigenvalue weighted by Crippen LogP contribution is -2.27. The number of rotatable bonds is 1. The summed E-state index contributed by atoms with van der Waals surface area (Å²) < 4.78 is 0. The van der Waals surface area contributed by atoms with E-state index in [9.17, 15) is 4.79 Å². The highest BCUT2D eigenvalue weighted by Gasteiger charge is 2.22. The lowest BCUT2D eigenvalue weighted by molar-refractivity contribution is -0.116. The van der Waals surface area contributed by atoms with Gasteiger partial charge in [-0.05, 0) is 36.4 Å². The van der Waals surface area contributed by atoms with Gasteiger partial charge in [-0.1, -0.05) is 23.7 Å². The third-order valence-electron chi connectivity index (χ3n) is 3.25. The van der Waals surface area contributed by atoms with E-state index in [1.807, 2.05) is 18.2 Å². The van der Waals surface area contributed by atoms with Gasteiger partial charge in [-0.3, -0.25) is 9.79 Å². The average molecular weight is 283 g/mol. The second-order valence-electron chi connectivity index (χ2n) is 4.50. The average Bonchev–Trinajstić information content (AvgIpc) is 2.58. The Hall–Kier alpha value is -2.31. The van der Waals surface area contributed by atoms with Gasteiger partial charge in [-0.15, -0.1) is 0 Å². The minimum atomic E-state index is -0.0463. The van der Waals surface area contributed by atoms with E-state index in [-0.39, 0.29) is 12.5 Å². The summed E-state index contributed by atoms with van der Waals surface area (Å²) in [5.41, 5.74) is 3.31. The van der Waals surface area contributed by atoms with Gasteiger partial charge in [0.25, 0.3) is 0 Å². The van der Waals surface area contributed by atoms with Crippen molar-refractivity contribution >= 4 is 28.9 Å². The molecule has 0 unspecified atom stereocenters. The fourth-order valence-corrected chi connectivity index (χ4v) is 2.38. The summed E-state index contributed by atoms with van der Waals surface area (Å²) in [4.78, 5) is 18.1. The standard InChI is InChI=1S/C16H11ClN2O/c1-19-14-8-7-12(17)9-13(14)16(18-10-15(19)20)11-5-3-2-4-6-11/h3,5-9H,10H2,1H3. The van der Waals surface area contributed by atoms with Crippen molar-refractivity contribution in [2.45, 2.75) is 0 Å². The second-order valence-corrected chi connectivity index (χ2v) is 4.94. The molecule has 0 aromatic heterocycles. The number of benzodiazepines with no additional fused rings is 1. The molecule has 1 aliphatic heterocycles. The molecule has 98 valence electrons. The van der Waals surface area contributed by atoms with E-state index in [2.05, 4.69) is 17.1 Å². The molecule has 3 nitrogen and oxygen atoms in total. The van der Waals surface area contributed by atoms with Gasteiger partial charge in [-0.25, -0.2) is 0 Å². The summed E-state index contributed by atoms with van der Waals surface area (Å²) in [6.45, 7) is 0.122. The number of halogens is 1. The van der Waals surface area contributed by atoms with Gasteiger partial charge in [0.2, 0.25) is 5.91 Å². The van der Waals surface area contributed by atoms with Crippen molar-refractivity contribution in [3.05, 3.63) is 64.7 Å². The second kappa shape index (κ2) is 4.99. The zero-order chi connectivity index (χ0) is 14.1. The van der Waals surface area contributed by atoms with Crippen LogP contribution in [0, 0.1) is 12.1 Å². The summed E-state index contributed by atoms with van der Waals surface area (Å²) in [5, 5.41) is 0.616.